The van der Waals surface area contributed by atoms with Crippen LogP contribution in [0.15, 0.2) is 36.4 Å². The Labute approximate surface area is 211 Å². The van der Waals surface area contributed by atoms with Gasteiger partial charge >= 0.3 is 12.1 Å². The second-order valence-electron chi connectivity index (χ2n) is 10.1. The topological polar surface area (TPSA) is 54.5 Å². The highest BCUT2D eigenvalue weighted by Gasteiger charge is 2.32. The van der Waals surface area contributed by atoms with Gasteiger partial charge in [0.25, 0.3) is 0 Å². The number of hydrogen-bond acceptors (Lipinski definition) is 5. The number of esters is 1. The molecule has 0 amide bonds. The summed E-state index contributed by atoms with van der Waals surface area (Å²) in [5.41, 5.74) is 2.33. The number of likely N-dealkylation sites (tertiary alicyclic amines) is 1. The minimum Gasteiger partial charge on any atom is -0.469 e. The molecule has 0 saturated carbocycles. The van der Waals surface area contributed by atoms with Gasteiger partial charge in [-0.2, -0.15) is 13.2 Å². The lowest BCUT2D eigenvalue weighted by Gasteiger charge is -2.33. The molecule has 1 N–H and O–H groups in total. The van der Waals surface area contributed by atoms with Crippen molar-refractivity contribution in [3.05, 3.63) is 58.8 Å². The molecule has 196 valence electrons. The molecule has 1 atom stereocenters. The van der Waals surface area contributed by atoms with Crippen LogP contribution in [0.1, 0.15) is 66.8 Å². The Morgan fingerprint density at radius 1 is 1.22 bits per heavy atom. The van der Waals surface area contributed by atoms with Gasteiger partial charge in [0.2, 0.25) is 0 Å². The van der Waals surface area contributed by atoms with E-state index in [0.29, 0.717) is 17.9 Å². The number of piperidine rings is 1. The summed E-state index contributed by atoms with van der Waals surface area (Å²) in [6.45, 7) is 3.94. The molecule has 36 heavy (non-hydrogen) atoms. The zero-order valence-electron chi connectivity index (χ0n) is 20.9. The summed E-state index contributed by atoms with van der Waals surface area (Å²) in [4.78, 5) is 19.3. The van der Waals surface area contributed by atoms with Crippen LogP contribution >= 0.6 is 0 Å². The van der Waals surface area contributed by atoms with Crippen LogP contribution in [0.25, 0.3) is 0 Å². The minimum absolute atomic E-state index is 0.0979. The van der Waals surface area contributed by atoms with Crippen LogP contribution in [-0.2, 0) is 28.5 Å². The standard InChI is InChI=1S/C28H36F3N3O2/c1-36-26(35)19-23(22-5-2-7-24(18-22)28(29,30)31)17-20-11-15-34(16-12-20)14-4-8-25-10-9-21-6-3-13-32-27(21)33-25/h2,5,7,9-10,18,20,23H,3-4,6,8,11-17,19H2,1H3,(H,32,33). The first-order valence-corrected chi connectivity index (χ1v) is 13.0. The van der Waals surface area contributed by atoms with E-state index in [9.17, 15) is 18.0 Å². The third kappa shape index (κ3) is 7.21. The summed E-state index contributed by atoms with van der Waals surface area (Å²) in [5, 5.41) is 3.39. The van der Waals surface area contributed by atoms with E-state index < -0.39 is 11.7 Å². The van der Waals surface area contributed by atoms with E-state index in [1.54, 1.807) is 6.07 Å². The van der Waals surface area contributed by atoms with Gasteiger partial charge in [-0.15, -0.1) is 0 Å². The van der Waals surface area contributed by atoms with E-state index in [0.717, 1.165) is 82.3 Å². The number of nitrogens with one attached hydrogen (secondary N) is 1. The molecule has 0 spiro atoms. The maximum Gasteiger partial charge on any atom is 0.416 e. The largest absolute Gasteiger partial charge is 0.469 e. The number of hydrogen-bond donors (Lipinski definition) is 1. The zero-order chi connectivity index (χ0) is 25.5. The van der Waals surface area contributed by atoms with Gasteiger partial charge in [0.1, 0.15) is 5.82 Å². The van der Waals surface area contributed by atoms with Crippen molar-refractivity contribution in [2.75, 3.05) is 38.6 Å². The summed E-state index contributed by atoms with van der Waals surface area (Å²) in [5.74, 6) is 0.751. The first kappa shape index (κ1) is 26.5. The fourth-order valence-corrected chi connectivity index (χ4v) is 5.43. The van der Waals surface area contributed by atoms with E-state index in [1.807, 2.05) is 0 Å². The Morgan fingerprint density at radius 2 is 2.03 bits per heavy atom. The quantitative estimate of drug-likeness (QED) is 0.436. The average molecular weight is 504 g/mol. The van der Waals surface area contributed by atoms with Crippen LogP contribution in [0.5, 0.6) is 0 Å². The number of benzene rings is 1. The molecule has 5 nitrogen and oxygen atoms in total. The van der Waals surface area contributed by atoms with Gasteiger partial charge in [-0.1, -0.05) is 24.3 Å². The predicted octanol–water partition coefficient (Wildman–Crippen LogP) is 5.84. The number of ether oxygens (including phenoxy) is 1. The van der Waals surface area contributed by atoms with Gasteiger partial charge in [-0.25, -0.2) is 4.98 Å². The highest BCUT2D eigenvalue weighted by atomic mass is 19.4. The average Bonchev–Trinajstić information content (AvgIpc) is 2.88. The number of methoxy groups -OCH3 is 1. The molecule has 0 bridgehead atoms. The monoisotopic (exact) mass is 503 g/mol. The van der Waals surface area contributed by atoms with E-state index in [1.165, 1.54) is 24.8 Å². The highest BCUT2D eigenvalue weighted by Crippen LogP contribution is 2.36. The Morgan fingerprint density at radius 3 is 2.78 bits per heavy atom. The SMILES string of the molecule is COC(=O)CC(CC1CCN(CCCc2ccc3c(n2)NCCC3)CC1)c1cccc(C(F)(F)F)c1. The smallest absolute Gasteiger partial charge is 0.416 e. The molecule has 1 unspecified atom stereocenters. The third-order valence-corrected chi connectivity index (χ3v) is 7.51. The molecule has 0 aliphatic carbocycles. The van der Waals surface area contributed by atoms with Crippen LogP contribution in [0.3, 0.4) is 0 Å². The molecule has 0 radical (unpaired) electrons. The minimum atomic E-state index is -4.40. The molecular formula is C28H36F3N3O2. The Balaban J connectivity index is 1.27. The van der Waals surface area contributed by atoms with Crippen molar-refractivity contribution in [1.82, 2.24) is 9.88 Å². The van der Waals surface area contributed by atoms with E-state index in [2.05, 4.69) is 22.3 Å². The molecular weight excluding hydrogens is 467 g/mol. The number of anilines is 1. The first-order valence-electron chi connectivity index (χ1n) is 13.0. The number of pyridine rings is 1. The van der Waals surface area contributed by atoms with Crippen molar-refractivity contribution >= 4 is 11.8 Å². The highest BCUT2D eigenvalue weighted by molar-refractivity contribution is 5.70. The molecule has 8 heteroatoms. The van der Waals surface area contributed by atoms with Crippen molar-refractivity contribution in [2.24, 2.45) is 5.92 Å². The summed E-state index contributed by atoms with van der Waals surface area (Å²) < 4.78 is 44.6. The van der Waals surface area contributed by atoms with Crippen LogP contribution in [0.4, 0.5) is 19.0 Å². The number of aryl methyl sites for hydroxylation is 2. The van der Waals surface area contributed by atoms with Crippen molar-refractivity contribution in [1.29, 1.82) is 0 Å². The number of aromatic nitrogens is 1. The van der Waals surface area contributed by atoms with Crippen LogP contribution in [0.2, 0.25) is 0 Å². The third-order valence-electron chi connectivity index (χ3n) is 7.51. The number of rotatable bonds is 9. The molecule has 2 aliphatic heterocycles. The molecule has 3 heterocycles. The van der Waals surface area contributed by atoms with E-state index >= 15 is 0 Å². The molecule has 1 saturated heterocycles. The van der Waals surface area contributed by atoms with Crippen LogP contribution in [0, 0.1) is 5.92 Å². The van der Waals surface area contributed by atoms with Gasteiger partial charge in [0.15, 0.2) is 0 Å². The summed E-state index contributed by atoms with van der Waals surface area (Å²) in [6.07, 6.45) is 2.61. The Kier molecular flexibility index (Phi) is 8.88. The Bertz CT molecular complexity index is 1020. The molecule has 2 aliphatic rings. The van der Waals surface area contributed by atoms with Crippen molar-refractivity contribution < 1.29 is 22.7 Å². The lowest BCUT2D eigenvalue weighted by atomic mass is 9.82. The van der Waals surface area contributed by atoms with Crippen LogP contribution in [-0.4, -0.2) is 49.1 Å². The number of halogens is 3. The van der Waals surface area contributed by atoms with Crippen molar-refractivity contribution in [2.45, 2.75) is 63.5 Å². The van der Waals surface area contributed by atoms with E-state index in [4.69, 9.17) is 9.72 Å². The second kappa shape index (κ2) is 12.1. The zero-order valence-corrected chi connectivity index (χ0v) is 20.9. The maximum atomic E-state index is 13.2. The van der Waals surface area contributed by atoms with E-state index in [-0.39, 0.29) is 18.3 Å². The second-order valence-corrected chi connectivity index (χ2v) is 10.1. The molecule has 4 rings (SSSR count). The lowest BCUT2D eigenvalue weighted by Crippen LogP contribution is -2.35. The van der Waals surface area contributed by atoms with Gasteiger partial charge in [-0.05, 0) is 99.7 Å². The summed E-state index contributed by atoms with van der Waals surface area (Å²) >= 11 is 0. The van der Waals surface area contributed by atoms with Crippen molar-refractivity contribution in [3.8, 4) is 0 Å². The maximum absolute atomic E-state index is 13.2. The number of fused-ring (bicyclic) bond motifs is 1. The van der Waals surface area contributed by atoms with Gasteiger partial charge in [0.05, 0.1) is 19.1 Å². The summed E-state index contributed by atoms with van der Waals surface area (Å²) in [7, 11) is 1.32. The fraction of sp³-hybridized carbons (Fsp3) is 0.571. The number of carbonyl (C=O) groups excluding carboxylic acids is 1. The van der Waals surface area contributed by atoms with Crippen LogP contribution < -0.4 is 5.32 Å². The molecule has 2 aromatic rings. The number of nitrogens with zero attached hydrogens (tertiary/aromatic N) is 2. The Hall–Kier alpha value is -2.61. The number of alkyl halides is 3. The molecule has 1 fully saturated rings. The van der Waals surface area contributed by atoms with Gasteiger partial charge in [0, 0.05) is 12.2 Å². The van der Waals surface area contributed by atoms with Crippen molar-refractivity contribution in [3.63, 3.8) is 0 Å². The summed E-state index contributed by atoms with van der Waals surface area (Å²) in [6, 6.07) is 9.74. The van der Waals surface area contributed by atoms with Gasteiger partial charge < -0.3 is 15.0 Å². The lowest BCUT2D eigenvalue weighted by molar-refractivity contribution is -0.141. The number of carbonyl (C=O) groups is 1. The fourth-order valence-electron chi connectivity index (χ4n) is 5.43. The normalized spacial score (nSPS) is 17.8. The van der Waals surface area contributed by atoms with Gasteiger partial charge in [-0.3, -0.25) is 4.79 Å². The first-order chi connectivity index (χ1) is 17.3. The molecule has 1 aromatic heterocycles. The predicted molar refractivity (Wildman–Crippen MR) is 134 cm³/mol. The molecule has 1 aromatic carbocycles.